The molecular weight excluding hydrogens is 396 g/mol. The minimum absolute atomic E-state index is 0.157. The molecule has 3 aromatic rings. The van der Waals surface area contributed by atoms with E-state index in [4.69, 9.17) is 0 Å². The number of aromatic amines is 1. The number of fused-ring (bicyclic) bond motifs is 1. The zero-order valence-corrected chi connectivity index (χ0v) is 15.3. The van der Waals surface area contributed by atoms with Crippen molar-refractivity contribution < 1.29 is 4.79 Å². The van der Waals surface area contributed by atoms with Crippen LogP contribution in [0.2, 0.25) is 0 Å². The van der Waals surface area contributed by atoms with Gasteiger partial charge in [-0.15, -0.1) is 0 Å². The van der Waals surface area contributed by atoms with Gasteiger partial charge in [-0.3, -0.25) is 9.59 Å². The lowest BCUT2D eigenvalue weighted by Crippen LogP contribution is -2.11. The van der Waals surface area contributed by atoms with E-state index in [1.54, 1.807) is 48.5 Å². The number of anilines is 1. The minimum Gasteiger partial charge on any atom is -0.326 e. The lowest BCUT2D eigenvalue weighted by molar-refractivity contribution is -0.114. The number of allylic oxidation sites excluding steroid dienone is 1. The first-order valence-electron chi connectivity index (χ1n) is 7.65. The number of hydrogen-bond donors (Lipinski definition) is 2. The van der Waals surface area contributed by atoms with Gasteiger partial charge in [-0.05, 0) is 42.0 Å². The highest BCUT2D eigenvalue weighted by Gasteiger charge is 2.09. The molecule has 0 aliphatic heterocycles. The second kappa shape index (κ2) is 7.33. The fourth-order valence-corrected chi connectivity index (χ4v) is 2.79. The number of amides is 1. The lowest BCUT2D eigenvalue weighted by atomic mass is 10.1. The SMILES string of the molecule is CC(=O)Nc1ccc(/C=C(\C#N)c2nc3ccc(Br)cc3c(=O)[nH]2)cc1. The van der Waals surface area contributed by atoms with Crippen molar-refractivity contribution in [3.8, 4) is 6.07 Å². The van der Waals surface area contributed by atoms with E-state index in [0.717, 1.165) is 10.0 Å². The third-order valence-electron chi connectivity index (χ3n) is 3.59. The number of nitriles is 1. The maximum Gasteiger partial charge on any atom is 0.259 e. The number of halogens is 1. The average molecular weight is 409 g/mol. The molecule has 0 unspecified atom stereocenters. The summed E-state index contributed by atoms with van der Waals surface area (Å²) in [5.74, 6) is 0.0499. The zero-order valence-electron chi connectivity index (χ0n) is 13.7. The van der Waals surface area contributed by atoms with Gasteiger partial charge in [0, 0.05) is 17.1 Å². The summed E-state index contributed by atoms with van der Waals surface area (Å²) in [7, 11) is 0. The van der Waals surface area contributed by atoms with E-state index < -0.39 is 0 Å². The molecule has 2 aromatic carbocycles. The van der Waals surface area contributed by atoms with Crippen LogP contribution in [0.25, 0.3) is 22.6 Å². The van der Waals surface area contributed by atoms with Crippen LogP contribution < -0.4 is 10.9 Å². The Morgan fingerprint density at radius 2 is 2.00 bits per heavy atom. The topological polar surface area (TPSA) is 98.6 Å². The van der Waals surface area contributed by atoms with Crippen LogP contribution >= 0.6 is 15.9 Å². The van der Waals surface area contributed by atoms with Crippen LogP contribution in [-0.2, 0) is 4.79 Å². The summed E-state index contributed by atoms with van der Waals surface area (Å²) >= 11 is 3.32. The largest absolute Gasteiger partial charge is 0.326 e. The van der Waals surface area contributed by atoms with Gasteiger partial charge >= 0.3 is 0 Å². The highest BCUT2D eigenvalue weighted by atomic mass is 79.9. The molecule has 6 nitrogen and oxygen atoms in total. The highest BCUT2D eigenvalue weighted by molar-refractivity contribution is 9.10. The maximum atomic E-state index is 12.3. The lowest BCUT2D eigenvalue weighted by Gasteiger charge is -2.04. The highest BCUT2D eigenvalue weighted by Crippen LogP contribution is 2.19. The van der Waals surface area contributed by atoms with Crippen molar-refractivity contribution in [1.29, 1.82) is 5.26 Å². The smallest absolute Gasteiger partial charge is 0.259 e. The van der Waals surface area contributed by atoms with E-state index in [9.17, 15) is 14.9 Å². The first kappa shape index (κ1) is 17.6. The molecule has 0 bridgehead atoms. The Morgan fingerprint density at radius 3 is 2.65 bits per heavy atom. The predicted octanol–water partition coefficient (Wildman–Crippen LogP) is 3.71. The summed E-state index contributed by atoms with van der Waals surface area (Å²) in [5.41, 5.74) is 1.84. The number of rotatable bonds is 3. The van der Waals surface area contributed by atoms with Gasteiger partial charge in [0.05, 0.1) is 16.5 Å². The van der Waals surface area contributed by atoms with Crippen LogP contribution in [0.1, 0.15) is 18.3 Å². The van der Waals surface area contributed by atoms with Gasteiger partial charge in [0.2, 0.25) is 5.91 Å². The van der Waals surface area contributed by atoms with Crippen LogP contribution in [0, 0.1) is 11.3 Å². The van der Waals surface area contributed by atoms with Crippen molar-refractivity contribution in [3.63, 3.8) is 0 Å². The summed E-state index contributed by atoms with van der Waals surface area (Å²) in [6.45, 7) is 1.43. The Hall–Kier alpha value is -3.24. The molecule has 0 spiro atoms. The number of carbonyl (C=O) groups excluding carboxylic acids is 1. The molecule has 3 rings (SSSR count). The summed E-state index contributed by atoms with van der Waals surface area (Å²) < 4.78 is 0.778. The van der Waals surface area contributed by atoms with E-state index in [1.165, 1.54) is 6.92 Å². The molecule has 128 valence electrons. The van der Waals surface area contributed by atoms with Crippen LogP contribution in [0.15, 0.2) is 51.7 Å². The normalized spacial score (nSPS) is 11.2. The first-order valence-corrected chi connectivity index (χ1v) is 8.45. The number of aromatic nitrogens is 2. The monoisotopic (exact) mass is 408 g/mol. The van der Waals surface area contributed by atoms with Gasteiger partial charge in [0.1, 0.15) is 6.07 Å². The van der Waals surface area contributed by atoms with E-state index in [1.807, 2.05) is 0 Å². The minimum atomic E-state index is -0.312. The second-order valence-corrected chi connectivity index (χ2v) is 6.46. The molecule has 0 aliphatic carbocycles. The van der Waals surface area contributed by atoms with Gasteiger partial charge in [-0.2, -0.15) is 5.26 Å². The second-order valence-electron chi connectivity index (χ2n) is 5.55. The number of H-pyrrole nitrogens is 1. The summed E-state index contributed by atoms with van der Waals surface area (Å²) in [4.78, 5) is 30.4. The Labute approximate surface area is 157 Å². The van der Waals surface area contributed by atoms with Gasteiger partial charge in [-0.1, -0.05) is 28.1 Å². The van der Waals surface area contributed by atoms with E-state index in [2.05, 4.69) is 37.3 Å². The fraction of sp³-hybridized carbons (Fsp3) is 0.0526. The molecule has 7 heteroatoms. The quantitative estimate of drug-likeness (QED) is 0.645. The van der Waals surface area contributed by atoms with Crippen LogP contribution in [0.5, 0.6) is 0 Å². The number of carbonyl (C=O) groups is 1. The van der Waals surface area contributed by atoms with Crippen molar-refractivity contribution in [2.45, 2.75) is 6.92 Å². The number of benzene rings is 2. The van der Waals surface area contributed by atoms with Crippen LogP contribution in [-0.4, -0.2) is 15.9 Å². The van der Waals surface area contributed by atoms with E-state index in [-0.39, 0.29) is 22.9 Å². The van der Waals surface area contributed by atoms with Crippen molar-refractivity contribution in [1.82, 2.24) is 9.97 Å². The fourth-order valence-electron chi connectivity index (χ4n) is 2.42. The number of nitrogens with zero attached hydrogens (tertiary/aromatic N) is 2. The molecule has 26 heavy (non-hydrogen) atoms. The Kier molecular flexibility index (Phi) is 4.96. The molecule has 0 fully saturated rings. The summed E-state index contributed by atoms with van der Waals surface area (Å²) in [5, 5.41) is 12.6. The predicted molar refractivity (Wildman–Crippen MR) is 104 cm³/mol. The van der Waals surface area contributed by atoms with Gasteiger partial charge in [0.15, 0.2) is 5.82 Å². The van der Waals surface area contributed by atoms with Crippen molar-refractivity contribution in [2.24, 2.45) is 0 Å². The molecule has 1 amide bonds. The first-order chi connectivity index (χ1) is 12.5. The third-order valence-corrected chi connectivity index (χ3v) is 4.08. The average Bonchev–Trinajstić information content (AvgIpc) is 2.61. The third kappa shape index (κ3) is 3.87. The standard InChI is InChI=1S/C19H13BrN4O2/c1-11(25)22-15-5-2-12(3-6-15)8-13(10-21)18-23-17-7-4-14(20)9-16(17)19(26)24-18/h2-9H,1H3,(H,22,25)(H,23,24,26)/b13-8+. The zero-order chi connectivity index (χ0) is 18.7. The Balaban J connectivity index is 2.01. The molecule has 0 radical (unpaired) electrons. The number of nitrogens with one attached hydrogen (secondary N) is 2. The molecule has 2 N–H and O–H groups in total. The van der Waals surface area contributed by atoms with Crippen molar-refractivity contribution >= 4 is 50.1 Å². The molecule has 0 aliphatic rings. The molecule has 1 aromatic heterocycles. The van der Waals surface area contributed by atoms with Crippen molar-refractivity contribution in [2.75, 3.05) is 5.32 Å². The van der Waals surface area contributed by atoms with Crippen LogP contribution in [0.4, 0.5) is 5.69 Å². The van der Waals surface area contributed by atoms with Crippen molar-refractivity contribution in [3.05, 3.63) is 68.7 Å². The van der Waals surface area contributed by atoms with Gasteiger partial charge < -0.3 is 10.3 Å². The van der Waals surface area contributed by atoms with E-state index in [0.29, 0.717) is 16.6 Å². The Morgan fingerprint density at radius 1 is 1.27 bits per heavy atom. The summed E-state index contributed by atoms with van der Waals surface area (Å²) in [6, 6.07) is 14.2. The Bertz CT molecular complexity index is 1120. The molecular formula is C19H13BrN4O2. The van der Waals surface area contributed by atoms with Gasteiger partial charge in [-0.25, -0.2) is 4.98 Å². The molecule has 0 atom stereocenters. The molecule has 0 saturated heterocycles. The molecule has 1 heterocycles. The maximum absolute atomic E-state index is 12.3. The van der Waals surface area contributed by atoms with Crippen LogP contribution in [0.3, 0.4) is 0 Å². The summed E-state index contributed by atoms with van der Waals surface area (Å²) in [6.07, 6.45) is 1.63. The molecule has 0 saturated carbocycles. The van der Waals surface area contributed by atoms with E-state index >= 15 is 0 Å². The number of hydrogen-bond acceptors (Lipinski definition) is 4. The van der Waals surface area contributed by atoms with Gasteiger partial charge in [0.25, 0.3) is 5.56 Å².